The molecule has 2 aliphatic carbocycles. The van der Waals surface area contributed by atoms with Crippen molar-refractivity contribution in [1.29, 1.82) is 0 Å². The first-order chi connectivity index (χ1) is 5.24. The molecule has 0 radical (unpaired) electrons. The molecule has 0 unspecified atom stereocenters. The molecule has 2 N–H and O–H groups in total. The van der Waals surface area contributed by atoms with Crippen LogP contribution < -0.4 is 5.32 Å². The molecule has 2 fully saturated rings. The molecule has 0 heterocycles. The van der Waals surface area contributed by atoms with Gasteiger partial charge in [0.05, 0.1) is 6.10 Å². The molecular formula is C8H13NO2. The highest BCUT2D eigenvalue weighted by molar-refractivity contribution is 5.47. The number of amides is 1. The number of carbonyl (C=O) groups excluding carboxylic acids is 1. The maximum Gasteiger partial charge on any atom is 0.207 e. The number of carbonyl (C=O) groups is 1. The Bertz CT molecular complexity index is 167. The van der Waals surface area contributed by atoms with E-state index in [0.717, 1.165) is 32.1 Å². The van der Waals surface area contributed by atoms with Crippen molar-refractivity contribution in [2.75, 3.05) is 0 Å². The van der Waals surface area contributed by atoms with E-state index >= 15 is 0 Å². The second-order valence-electron chi connectivity index (χ2n) is 3.95. The summed E-state index contributed by atoms with van der Waals surface area (Å²) in [5.74, 6) is 0. The molecule has 0 aromatic rings. The van der Waals surface area contributed by atoms with Crippen molar-refractivity contribution >= 4 is 6.41 Å². The maximum atomic E-state index is 10.0. The van der Waals surface area contributed by atoms with Gasteiger partial charge in [-0.05, 0) is 31.1 Å². The summed E-state index contributed by atoms with van der Waals surface area (Å²) < 4.78 is 0. The second kappa shape index (κ2) is 2.21. The summed E-state index contributed by atoms with van der Waals surface area (Å²) in [7, 11) is 0. The van der Waals surface area contributed by atoms with Gasteiger partial charge in [-0.25, -0.2) is 0 Å². The van der Waals surface area contributed by atoms with Crippen LogP contribution in [0, 0.1) is 5.41 Å². The summed E-state index contributed by atoms with van der Waals surface area (Å²) in [6.07, 6.45) is 4.75. The smallest absolute Gasteiger partial charge is 0.207 e. The molecule has 2 rings (SSSR count). The fourth-order valence-electron chi connectivity index (χ4n) is 2.47. The molecular weight excluding hydrogens is 142 g/mol. The van der Waals surface area contributed by atoms with E-state index in [2.05, 4.69) is 5.32 Å². The van der Waals surface area contributed by atoms with Crippen molar-refractivity contribution in [3.05, 3.63) is 0 Å². The van der Waals surface area contributed by atoms with Crippen molar-refractivity contribution in [1.82, 2.24) is 5.32 Å². The van der Waals surface area contributed by atoms with Crippen LogP contribution >= 0.6 is 0 Å². The lowest BCUT2D eigenvalue weighted by molar-refractivity contribution is -0.118. The lowest BCUT2D eigenvalue weighted by Crippen LogP contribution is -2.56. The molecule has 0 bridgehead atoms. The van der Waals surface area contributed by atoms with Gasteiger partial charge in [0.2, 0.25) is 6.41 Å². The molecule has 2 saturated carbocycles. The van der Waals surface area contributed by atoms with Crippen molar-refractivity contribution in [3.63, 3.8) is 0 Å². The third-order valence-electron chi connectivity index (χ3n) is 3.00. The predicted molar refractivity (Wildman–Crippen MR) is 39.9 cm³/mol. The average Bonchev–Trinajstić information content (AvgIpc) is 1.80. The summed E-state index contributed by atoms with van der Waals surface area (Å²) in [4.78, 5) is 10.0. The number of aliphatic hydroxyl groups is 1. The molecule has 0 aliphatic heterocycles. The minimum atomic E-state index is -0.0628. The molecule has 0 saturated heterocycles. The fraction of sp³-hybridized carbons (Fsp3) is 0.875. The molecule has 0 aromatic heterocycles. The van der Waals surface area contributed by atoms with Crippen LogP contribution in [0.1, 0.15) is 25.7 Å². The maximum absolute atomic E-state index is 10.0. The Labute approximate surface area is 65.8 Å². The molecule has 2 aliphatic rings. The highest BCUT2D eigenvalue weighted by atomic mass is 16.3. The average molecular weight is 155 g/mol. The van der Waals surface area contributed by atoms with Crippen molar-refractivity contribution < 1.29 is 9.90 Å². The minimum absolute atomic E-state index is 0.0628. The van der Waals surface area contributed by atoms with Crippen LogP contribution in [-0.2, 0) is 4.79 Å². The van der Waals surface area contributed by atoms with E-state index in [1.165, 1.54) is 0 Å². The number of hydrogen-bond donors (Lipinski definition) is 2. The van der Waals surface area contributed by atoms with Crippen LogP contribution in [0.4, 0.5) is 0 Å². The molecule has 11 heavy (non-hydrogen) atoms. The van der Waals surface area contributed by atoms with Gasteiger partial charge < -0.3 is 10.4 Å². The predicted octanol–water partition coefficient (Wildman–Crippen LogP) is 0.0359. The summed E-state index contributed by atoms with van der Waals surface area (Å²) in [6.45, 7) is 0. The number of nitrogens with one attached hydrogen (secondary N) is 1. The summed E-state index contributed by atoms with van der Waals surface area (Å²) >= 11 is 0. The van der Waals surface area contributed by atoms with Gasteiger partial charge in [0.1, 0.15) is 0 Å². The molecule has 62 valence electrons. The van der Waals surface area contributed by atoms with Crippen molar-refractivity contribution in [2.24, 2.45) is 5.41 Å². The van der Waals surface area contributed by atoms with Crippen LogP contribution in [0.15, 0.2) is 0 Å². The normalized spacial score (nSPS) is 47.7. The van der Waals surface area contributed by atoms with E-state index < -0.39 is 0 Å². The Kier molecular flexibility index (Phi) is 1.42. The van der Waals surface area contributed by atoms with E-state index in [1.54, 1.807) is 0 Å². The van der Waals surface area contributed by atoms with Crippen LogP contribution in [0.25, 0.3) is 0 Å². The van der Waals surface area contributed by atoms with E-state index in [-0.39, 0.29) is 6.10 Å². The summed E-state index contributed by atoms with van der Waals surface area (Å²) in [6, 6.07) is 0.389. The van der Waals surface area contributed by atoms with Crippen LogP contribution in [-0.4, -0.2) is 23.7 Å². The van der Waals surface area contributed by atoms with E-state index in [9.17, 15) is 4.79 Å². The molecule has 1 amide bonds. The van der Waals surface area contributed by atoms with Gasteiger partial charge in [-0.2, -0.15) is 0 Å². The standard InChI is InChI=1S/C8H13NO2/c10-5-9-6-1-8(2-6)3-7(11)4-8/h5-7,11H,1-4H2,(H,9,10). The van der Waals surface area contributed by atoms with Crippen LogP contribution in [0.2, 0.25) is 0 Å². The highest BCUT2D eigenvalue weighted by Crippen LogP contribution is 2.55. The fourth-order valence-corrected chi connectivity index (χ4v) is 2.47. The zero-order valence-corrected chi connectivity index (χ0v) is 6.42. The summed E-state index contributed by atoms with van der Waals surface area (Å²) in [5, 5.41) is 11.8. The molecule has 3 nitrogen and oxygen atoms in total. The monoisotopic (exact) mass is 155 g/mol. The topological polar surface area (TPSA) is 49.3 Å². The van der Waals surface area contributed by atoms with Gasteiger partial charge in [0, 0.05) is 6.04 Å². The first-order valence-corrected chi connectivity index (χ1v) is 4.12. The van der Waals surface area contributed by atoms with Gasteiger partial charge in [-0.15, -0.1) is 0 Å². The molecule has 0 aromatic carbocycles. The number of hydrogen-bond acceptors (Lipinski definition) is 2. The first kappa shape index (κ1) is 7.10. The van der Waals surface area contributed by atoms with Crippen molar-refractivity contribution in [3.8, 4) is 0 Å². The molecule has 1 spiro atoms. The Hall–Kier alpha value is -0.570. The Morgan fingerprint density at radius 3 is 2.45 bits per heavy atom. The number of aliphatic hydroxyl groups excluding tert-OH is 1. The van der Waals surface area contributed by atoms with E-state index in [0.29, 0.717) is 11.5 Å². The lowest BCUT2D eigenvalue weighted by atomic mass is 9.53. The van der Waals surface area contributed by atoms with Gasteiger partial charge in [0.25, 0.3) is 0 Å². The van der Waals surface area contributed by atoms with Crippen molar-refractivity contribution in [2.45, 2.75) is 37.8 Å². The van der Waals surface area contributed by atoms with E-state index in [4.69, 9.17) is 5.11 Å². The zero-order chi connectivity index (χ0) is 7.90. The van der Waals surface area contributed by atoms with E-state index in [1.807, 2.05) is 0 Å². The van der Waals surface area contributed by atoms with Gasteiger partial charge in [0.15, 0.2) is 0 Å². The SMILES string of the molecule is O=CNC1CC2(CC(O)C2)C1. The zero-order valence-electron chi connectivity index (χ0n) is 6.42. The Morgan fingerprint density at radius 2 is 2.00 bits per heavy atom. The van der Waals surface area contributed by atoms with Gasteiger partial charge in [-0.3, -0.25) is 4.79 Å². The van der Waals surface area contributed by atoms with Gasteiger partial charge >= 0.3 is 0 Å². The van der Waals surface area contributed by atoms with Gasteiger partial charge in [-0.1, -0.05) is 0 Å². The largest absolute Gasteiger partial charge is 0.393 e. The third-order valence-corrected chi connectivity index (χ3v) is 3.00. The molecule has 3 heteroatoms. The van der Waals surface area contributed by atoms with Crippen LogP contribution in [0.5, 0.6) is 0 Å². The number of rotatable bonds is 2. The minimum Gasteiger partial charge on any atom is -0.393 e. The highest BCUT2D eigenvalue weighted by Gasteiger charge is 2.52. The Balaban J connectivity index is 1.75. The lowest BCUT2D eigenvalue weighted by Gasteiger charge is -2.56. The quantitative estimate of drug-likeness (QED) is 0.553. The third kappa shape index (κ3) is 1.03. The summed E-state index contributed by atoms with van der Waals surface area (Å²) in [5.41, 5.74) is 0.417. The van der Waals surface area contributed by atoms with Crippen LogP contribution in [0.3, 0.4) is 0 Å². The Morgan fingerprint density at radius 1 is 1.36 bits per heavy atom. The second-order valence-corrected chi connectivity index (χ2v) is 3.95. The first-order valence-electron chi connectivity index (χ1n) is 4.12. The molecule has 0 atom stereocenters.